The molecule has 0 spiro atoms. The Morgan fingerprint density at radius 3 is 2.06 bits per heavy atom. The largest absolute Gasteiger partial charge is 0.364 e. The zero-order valence-corrected chi connectivity index (χ0v) is 10.4. The van der Waals surface area contributed by atoms with Crippen molar-refractivity contribution in [2.75, 3.05) is 0 Å². The highest BCUT2D eigenvalue weighted by Crippen LogP contribution is 2.33. The van der Waals surface area contributed by atoms with E-state index in [1.54, 1.807) is 11.3 Å². The molecule has 3 aromatic rings. The molecule has 86 valence electrons. The average molecular weight is 242 g/mol. The van der Waals surface area contributed by atoms with E-state index in [0.29, 0.717) is 0 Å². The van der Waals surface area contributed by atoms with Crippen LogP contribution < -0.4 is 0 Å². The van der Waals surface area contributed by atoms with Crippen molar-refractivity contribution in [3.63, 3.8) is 0 Å². The molecule has 0 aliphatic rings. The van der Waals surface area contributed by atoms with Gasteiger partial charge in [-0.25, -0.2) is 0 Å². The summed E-state index contributed by atoms with van der Waals surface area (Å²) in [5, 5.41) is 4.44. The van der Waals surface area contributed by atoms with E-state index in [2.05, 4.69) is 39.8 Å². The smallest absolute Gasteiger partial charge is 0.0652 e. The van der Waals surface area contributed by atoms with Gasteiger partial charge in [0.05, 0.1) is 5.92 Å². The lowest BCUT2D eigenvalue weighted by molar-refractivity contribution is 0.894. The van der Waals surface area contributed by atoms with Crippen molar-refractivity contribution < 1.29 is 0 Å². The third kappa shape index (κ3) is 1.83. The Labute approximate surface area is 104 Å². The fourth-order valence-corrected chi connectivity index (χ4v) is 3.09. The van der Waals surface area contributed by atoms with Crippen molar-refractivity contribution >= 4 is 11.3 Å². The Kier molecular flexibility index (Phi) is 2.61. The van der Waals surface area contributed by atoms with Crippen molar-refractivity contribution in [3.05, 3.63) is 69.9 Å². The van der Waals surface area contributed by atoms with Crippen LogP contribution in [0.2, 0.25) is 0 Å². The van der Waals surface area contributed by atoms with Gasteiger partial charge in [0.15, 0.2) is 0 Å². The van der Waals surface area contributed by atoms with Gasteiger partial charge in [-0.05, 0) is 53.1 Å². The van der Waals surface area contributed by atoms with Crippen LogP contribution in [0.5, 0.6) is 0 Å². The monoisotopic (exact) mass is 242 g/mol. The molecule has 3 aromatic heterocycles. The summed E-state index contributed by atoms with van der Waals surface area (Å²) < 4.78 is 0. The van der Waals surface area contributed by atoms with Crippen molar-refractivity contribution in [2.45, 2.75) is 12.8 Å². The molecule has 0 saturated heterocycles. The van der Waals surface area contributed by atoms with E-state index in [4.69, 9.17) is 0 Å². The van der Waals surface area contributed by atoms with E-state index in [-0.39, 0.29) is 5.92 Å². The number of thiophene rings is 1. The van der Waals surface area contributed by atoms with Crippen LogP contribution in [0, 0.1) is 6.92 Å². The maximum Gasteiger partial charge on any atom is 0.0652 e. The van der Waals surface area contributed by atoms with E-state index >= 15 is 0 Å². The summed E-state index contributed by atoms with van der Waals surface area (Å²) in [5.74, 6) is 0.284. The van der Waals surface area contributed by atoms with Crippen LogP contribution in [-0.2, 0) is 0 Å². The number of hydrogen-bond donors (Lipinski definition) is 2. The highest BCUT2D eigenvalue weighted by Gasteiger charge is 2.20. The third-order valence-corrected chi connectivity index (χ3v) is 3.95. The Morgan fingerprint density at radius 1 is 1.00 bits per heavy atom. The molecule has 0 aliphatic heterocycles. The van der Waals surface area contributed by atoms with Crippen LogP contribution in [0.15, 0.2) is 47.4 Å². The minimum atomic E-state index is 0.284. The Morgan fingerprint density at radius 2 is 1.65 bits per heavy atom. The van der Waals surface area contributed by atoms with Crippen LogP contribution in [0.25, 0.3) is 0 Å². The first kappa shape index (κ1) is 10.4. The van der Waals surface area contributed by atoms with Crippen LogP contribution in [0.1, 0.15) is 28.4 Å². The van der Waals surface area contributed by atoms with Crippen LogP contribution >= 0.6 is 11.3 Å². The summed E-state index contributed by atoms with van der Waals surface area (Å²) in [5.41, 5.74) is 5.19. The fraction of sp³-hybridized carbons (Fsp3) is 0.143. The summed E-state index contributed by atoms with van der Waals surface area (Å²) in [4.78, 5) is 6.65. The average Bonchev–Trinajstić information content (AvgIpc) is 3.04. The fourth-order valence-electron chi connectivity index (χ4n) is 2.22. The molecule has 0 radical (unpaired) electrons. The van der Waals surface area contributed by atoms with E-state index in [0.717, 1.165) is 0 Å². The highest BCUT2D eigenvalue weighted by atomic mass is 32.1. The maximum absolute atomic E-state index is 3.33. The first-order valence-electron chi connectivity index (χ1n) is 5.65. The van der Waals surface area contributed by atoms with Crippen molar-refractivity contribution in [1.82, 2.24) is 9.97 Å². The number of aromatic amines is 2. The van der Waals surface area contributed by atoms with E-state index in [9.17, 15) is 0 Å². The molecule has 3 heterocycles. The second kappa shape index (κ2) is 4.26. The molecule has 0 fully saturated rings. The third-order valence-electron chi connectivity index (χ3n) is 3.07. The summed E-state index contributed by atoms with van der Waals surface area (Å²) in [7, 11) is 0. The van der Waals surface area contributed by atoms with Crippen LogP contribution in [0.3, 0.4) is 0 Å². The predicted molar refractivity (Wildman–Crippen MR) is 71.6 cm³/mol. The lowest BCUT2D eigenvalue weighted by Gasteiger charge is -2.14. The molecule has 0 saturated carbocycles. The predicted octanol–water partition coefficient (Wildman–Crippen LogP) is 3.89. The normalized spacial score (nSPS) is 11.2. The van der Waals surface area contributed by atoms with Gasteiger partial charge in [-0.15, -0.1) is 0 Å². The molecule has 3 heteroatoms. The number of nitrogens with one attached hydrogen (secondary N) is 2. The van der Waals surface area contributed by atoms with Crippen LogP contribution in [0.4, 0.5) is 0 Å². The number of hydrogen-bond acceptors (Lipinski definition) is 1. The van der Waals surface area contributed by atoms with Gasteiger partial charge in [0.2, 0.25) is 0 Å². The topological polar surface area (TPSA) is 31.6 Å². The summed E-state index contributed by atoms with van der Waals surface area (Å²) in [6, 6.07) is 8.38. The second-order valence-corrected chi connectivity index (χ2v) is 4.94. The van der Waals surface area contributed by atoms with Gasteiger partial charge in [0.25, 0.3) is 0 Å². The summed E-state index contributed by atoms with van der Waals surface area (Å²) in [6.45, 7) is 2.17. The zero-order valence-electron chi connectivity index (χ0n) is 9.60. The first-order chi connectivity index (χ1) is 8.36. The van der Waals surface area contributed by atoms with Gasteiger partial charge >= 0.3 is 0 Å². The summed E-state index contributed by atoms with van der Waals surface area (Å²) in [6.07, 6.45) is 3.96. The van der Waals surface area contributed by atoms with E-state index < -0.39 is 0 Å². The van der Waals surface area contributed by atoms with Gasteiger partial charge < -0.3 is 9.97 Å². The molecular weight excluding hydrogens is 228 g/mol. The second-order valence-electron chi connectivity index (χ2n) is 4.19. The van der Waals surface area contributed by atoms with E-state index in [1.165, 1.54) is 22.5 Å². The van der Waals surface area contributed by atoms with Crippen molar-refractivity contribution in [2.24, 2.45) is 0 Å². The van der Waals surface area contributed by atoms with Gasteiger partial charge in [0.1, 0.15) is 0 Å². The minimum Gasteiger partial charge on any atom is -0.364 e. The quantitative estimate of drug-likeness (QED) is 0.698. The first-order valence-corrected chi connectivity index (χ1v) is 6.60. The Balaban J connectivity index is 2.13. The molecule has 0 aromatic carbocycles. The standard InChI is InChI=1S/C14H14N2S/c1-10-8-17-9-11(10)14(12-4-2-6-15-12)13-5-3-7-16-13/h2-9,14-16H,1H3. The molecule has 3 rings (SSSR count). The molecule has 0 bridgehead atoms. The molecule has 0 amide bonds. The zero-order chi connectivity index (χ0) is 11.7. The van der Waals surface area contributed by atoms with Crippen molar-refractivity contribution in [3.8, 4) is 0 Å². The molecule has 2 nitrogen and oxygen atoms in total. The van der Waals surface area contributed by atoms with E-state index in [1.807, 2.05) is 24.5 Å². The highest BCUT2D eigenvalue weighted by molar-refractivity contribution is 7.08. The number of aryl methyl sites for hydroxylation is 1. The van der Waals surface area contributed by atoms with Crippen molar-refractivity contribution in [1.29, 1.82) is 0 Å². The number of aromatic nitrogens is 2. The Bertz CT molecular complexity index is 541. The van der Waals surface area contributed by atoms with Gasteiger partial charge in [-0.3, -0.25) is 0 Å². The molecule has 17 heavy (non-hydrogen) atoms. The molecule has 2 N–H and O–H groups in total. The number of H-pyrrole nitrogens is 2. The lowest BCUT2D eigenvalue weighted by Crippen LogP contribution is -2.04. The van der Waals surface area contributed by atoms with Crippen LogP contribution in [-0.4, -0.2) is 9.97 Å². The lowest BCUT2D eigenvalue weighted by atomic mass is 9.92. The summed E-state index contributed by atoms with van der Waals surface area (Å²) >= 11 is 1.76. The number of rotatable bonds is 3. The Hall–Kier alpha value is -1.74. The maximum atomic E-state index is 3.33. The van der Waals surface area contributed by atoms with Gasteiger partial charge in [0, 0.05) is 23.8 Å². The van der Waals surface area contributed by atoms with Gasteiger partial charge in [-0.1, -0.05) is 0 Å². The minimum absolute atomic E-state index is 0.284. The molecular formula is C14H14N2S. The van der Waals surface area contributed by atoms with Gasteiger partial charge in [-0.2, -0.15) is 11.3 Å². The SMILES string of the molecule is Cc1cscc1C(c1ccc[nH]1)c1ccc[nH]1. The molecule has 0 atom stereocenters. The molecule has 0 unspecified atom stereocenters. The molecule has 0 aliphatic carbocycles.